The molecule has 0 fully saturated rings. The van der Waals surface area contributed by atoms with Crippen LogP contribution in [0.4, 0.5) is 5.69 Å². The van der Waals surface area contributed by atoms with Crippen molar-refractivity contribution < 1.29 is 9.53 Å². The van der Waals surface area contributed by atoms with Crippen molar-refractivity contribution in [2.24, 2.45) is 0 Å². The second-order valence-electron chi connectivity index (χ2n) is 4.97. The van der Waals surface area contributed by atoms with Crippen LogP contribution in [0, 0.1) is 11.3 Å². The van der Waals surface area contributed by atoms with E-state index in [1.165, 1.54) is 6.20 Å². The number of carbonyl (C=O) groups excluding carboxylic acids is 1. The van der Waals surface area contributed by atoms with Crippen molar-refractivity contribution in [2.75, 3.05) is 11.9 Å². The van der Waals surface area contributed by atoms with Crippen LogP contribution in [0.5, 0.6) is 0 Å². The van der Waals surface area contributed by atoms with Gasteiger partial charge >= 0.3 is 5.97 Å². The summed E-state index contributed by atoms with van der Waals surface area (Å²) in [5, 5.41) is 25.2. The van der Waals surface area contributed by atoms with Crippen LogP contribution in [0.15, 0.2) is 30.5 Å². The molecule has 2 rings (SSSR count). The molecule has 2 N–H and O–H groups in total. The molecule has 24 heavy (non-hydrogen) atoms. The first-order valence-electron chi connectivity index (χ1n) is 7.62. The number of hydrogen-bond acceptors (Lipinski definition) is 7. The number of carbonyl (C=O) groups is 1. The number of rotatable bonds is 8. The van der Waals surface area contributed by atoms with Crippen molar-refractivity contribution in [3.63, 3.8) is 0 Å². The van der Waals surface area contributed by atoms with E-state index in [2.05, 4.69) is 32.9 Å². The maximum atomic E-state index is 11.9. The number of unbranched alkanes of at least 4 members (excludes halogenated alkanes) is 2. The van der Waals surface area contributed by atoms with Crippen molar-refractivity contribution in [3.05, 3.63) is 41.9 Å². The van der Waals surface area contributed by atoms with Crippen LogP contribution in [0.2, 0.25) is 0 Å². The van der Waals surface area contributed by atoms with Crippen molar-refractivity contribution in [3.8, 4) is 6.07 Å². The first-order chi connectivity index (χ1) is 11.7. The smallest absolute Gasteiger partial charge is 0.338 e. The first-order valence-corrected chi connectivity index (χ1v) is 7.62. The van der Waals surface area contributed by atoms with E-state index >= 15 is 0 Å². The largest absolute Gasteiger partial charge is 0.462 e. The standard InChI is InChI=1S/C16H18N6O2/c1-2-3-4-9-24-16(23)12-5-7-14(8-6-12)18-11-13(10-17)15-19-21-22-20-15/h5-8,11,18H,2-4,9H2,1H3,(H,19,20,21,22). The van der Waals surface area contributed by atoms with Crippen LogP contribution in [0.3, 0.4) is 0 Å². The molecular weight excluding hydrogens is 308 g/mol. The minimum Gasteiger partial charge on any atom is -0.462 e. The van der Waals surface area contributed by atoms with Gasteiger partial charge < -0.3 is 10.1 Å². The number of nitriles is 1. The van der Waals surface area contributed by atoms with Gasteiger partial charge in [-0.05, 0) is 35.9 Å². The summed E-state index contributed by atoms with van der Waals surface area (Å²) in [5.41, 5.74) is 1.44. The van der Waals surface area contributed by atoms with Gasteiger partial charge in [0.2, 0.25) is 5.82 Å². The van der Waals surface area contributed by atoms with Crippen LogP contribution in [0.25, 0.3) is 5.57 Å². The number of tetrazole rings is 1. The molecule has 0 saturated heterocycles. The third kappa shape index (κ3) is 4.91. The quantitative estimate of drug-likeness (QED) is 0.435. The Morgan fingerprint density at radius 3 is 2.79 bits per heavy atom. The Morgan fingerprint density at radius 1 is 1.38 bits per heavy atom. The van der Waals surface area contributed by atoms with Gasteiger partial charge in [-0.1, -0.05) is 19.8 Å². The van der Waals surface area contributed by atoms with Crippen molar-refractivity contribution in [2.45, 2.75) is 26.2 Å². The SMILES string of the molecule is CCCCCOC(=O)c1ccc(NC=C(C#N)c2nn[nH]n2)cc1. The van der Waals surface area contributed by atoms with Crippen molar-refractivity contribution >= 4 is 17.2 Å². The van der Waals surface area contributed by atoms with E-state index in [4.69, 9.17) is 10.00 Å². The normalized spacial score (nSPS) is 10.9. The predicted octanol–water partition coefficient (Wildman–Crippen LogP) is 2.52. The molecule has 0 aliphatic rings. The molecule has 1 aromatic heterocycles. The molecule has 0 atom stereocenters. The number of H-pyrrole nitrogens is 1. The number of hydrogen-bond donors (Lipinski definition) is 2. The van der Waals surface area contributed by atoms with E-state index in [1.54, 1.807) is 24.3 Å². The van der Waals surface area contributed by atoms with E-state index in [0.717, 1.165) is 19.3 Å². The maximum Gasteiger partial charge on any atom is 0.338 e. The lowest BCUT2D eigenvalue weighted by atomic mass is 10.2. The van der Waals surface area contributed by atoms with Gasteiger partial charge in [-0.15, -0.1) is 10.2 Å². The van der Waals surface area contributed by atoms with Gasteiger partial charge in [0.15, 0.2) is 0 Å². The van der Waals surface area contributed by atoms with Crippen molar-refractivity contribution in [1.29, 1.82) is 5.26 Å². The van der Waals surface area contributed by atoms with Gasteiger partial charge in [-0.25, -0.2) is 4.79 Å². The van der Waals surface area contributed by atoms with E-state index < -0.39 is 0 Å². The predicted molar refractivity (Wildman–Crippen MR) is 87.6 cm³/mol. The van der Waals surface area contributed by atoms with E-state index in [0.29, 0.717) is 17.9 Å². The minimum absolute atomic E-state index is 0.206. The first kappa shape index (κ1) is 17.1. The third-order valence-electron chi connectivity index (χ3n) is 3.19. The molecule has 8 heteroatoms. The highest BCUT2D eigenvalue weighted by atomic mass is 16.5. The summed E-state index contributed by atoms with van der Waals surface area (Å²) in [6, 6.07) is 8.76. The van der Waals surface area contributed by atoms with Crippen LogP contribution in [0.1, 0.15) is 42.4 Å². The zero-order valence-corrected chi connectivity index (χ0v) is 13.3. The lowest BCUT2D eigenvalue weighted by molar-refractivity contribution is 0.0498. The summed E-state index contributed by atoms with van der Waals surface area (Å²) in [6.07, 6.45) is 4.48. The Morgan fingerprint density at radius 2 is 2.17 bits per heavy atom. The third-order valence-corrected chi connectivity index (χ3v) is 3.19. The molecule has 8 nitrogen and oxygen atoms in total. The number of aromatic amines is 1. The number of benzene rings is 1. The van der Waals surface area contributed by atoms with Crippen LogP contribution in [-0.2, 0) is 4.74 Å². The fourth-order valence-corrected chi connectivity index (χ4v) is 1.88. The number of allylic oxidation sites excluding steroid dienone is 1. The molecular formula is C16H18N6O2. The van der Waals surface area contributed by atoms with Crippen LogP contribution in [-0.4, -0.2) is 33.2 Å². The summed E-state index contributed by atoms with van der Waals surface area (Å²) >= 11 is 0. The topological polar surface area (TPSA) is 117 Å². The lowest BCUT2D eigenvalue weighted by Crippen LogP contribution is -2.06. The summed E-state index contributed by atoms with van der Waals surface area (Å²) in [6.45, 7) is 2.53. The Labute approximate surface area is 139 Å². The highest BCUT2D eigenvalue weighted by Gasteiger charge is 2.07. The lowest BCUT2D eigenvalue weighted by Gasteiger charge is -2.06. The molecule has 0 amide bonds. The zero-order valence-electron chi connectivity index (χ0n) is 13.3. The van der Waals surface area contributed by atoms with Gasteiger partial charge in [0.05, 0.1) is 12.2 Å². The van der Waals surface area contributed by atoms with Crippen LogP contribution < -0.4 is 5.32 Å². The molecule has 2 aromatic rings. The van der Waals surface area contributed by atoms with Gasteiger partial charge in [-0.2, -0.15) is 10.5 Å². The van der Waals surface area contributed by atoms with E-state index in [-0.39, 0.29) is 17.4 Å². The molecule has 0 spiro atoms. The summed E-state index contributed by atoms with van der Waals surface area (Å²) in [5.74, 6) is -0.130. The number of aromatic nitrogens is 4. The molecule has 0 aliphatic carbocycles. The Bertz CT molecular complexity index is 716. The molecule has 0 unspecified atom stereocenters. The number of esters is 1. The average molecular weight is 326 g/mol. The monoisotopic (exact) mass is 326 g/mol. The summed E-state index contributed by atoms with van der Waals surface area (Å²) < 4.78 is 5.19. The minimum atomic E-state index is -0.335. The number of nitrogens with zero attached hydrogens (tertiary/aromatic N) is 4. The summed E-state index contributed by atoms with van der Waals surface area (Å²) in [7, 11) is 0. The molecule has 1 aromatic carbocycles. The maximum absolute atomic E-state index is 11.9. The number of ether oxygens (including phenoxy) is 1. The Balaban J connectivity index is 1.92. The number of nitrogens with one attached hydrogen (secondary N) is 2. The zero-order chi connectivity index (χ0) is 17.2. The summed E-state index contributed by atoms with van der Waals surface area (Å²) in [4.78, 5) is 11.9. The second kappa shape index (κ2) is 9.05. The average Bonchev–Trinajstić information content (AvgIpc) is 3.14. The van der Waals surface area contributed by atoms with E-state index in [1.807, 2.05) is 6.07 Å². The fourth-order valence-electron chi connectivity index (χ4n) is 1.88. The van der Waals surface area contributed by atoms with Crippen molar-refractivity contribution in [1.82, 2.24) is 20.6 Å². The molecule has 0 radical (unpaired) electrons. The van der Waals surface area contributed by atoms with E-state index in [9.17, 15) is 4.79 Å². The van der Waals surface area contributed by atoms with Gasteiger partial charge in [0.1, 0.15) is 11.6 Å². The van der Waals surface area contributed by atoms with Gasteiger partial charge in [0.25, 0.3) is 0 Å². The number of anilines is 1. The van der Waals surface area contributed by atoms with Gasteiger partial charge in [-0.3, -0.25) is 0 Å². The Hall–Kier alpha value is -3.21. The molecule has 1 heterocycles. The Kier molecular flexibility index (Phi) is 6.46. The highest BCUT2D eigenvalue weighted by molar-refractivity contribution is 5.89. The van der Waals surface area contributed by atoms with Crippen LogP contribution >= 0.6 is 0 Å². The van der Waals surface area contributed by atoms with Gasteiger partial charge in [0, 0.05) is 11.9 Å². The highest BCUT2D eigenvalue weighted by Crippen LogP contribution is 2.13. The molecule has 0 saturated carbocycles. The fraction of sp³-hybridized carbons (Fsp3) is 0.312. The molecule has 0 aliphatic heterocycles. The molecule has 124 valence electrons. The molecule has 0 bridgehead atoms. The second-order valence-corrected chi connectivity index (χ2v) is 4.97.